The standard InChI is InChI=1S/C20H24N2O4/c1-5-25-19-16(10-7-11-21-19)20(24)26-12-17(23)22-18-14(4)8-6-9-15(18)13(2)3/h6-11,13H,5,12H2,1-4H3,(H,22,23). The van der Waals surface area contributed by atoms with Crippen molar-refractivity contribution in [2.45, 2.75) is 33.6 Å². The normalized spacial score (nSPS) is 10.5. The topological polar surface area (TPSA) is 77.5 Å². The highest BCUT2D eigenvalue weighted by molar-refractivity contribution is 5.97. The van der Waals surface area contributed by atoms with Crippen LogP contribution in [0.2, 0.25) is 0 Å². The first-order valence-electron chi connectivity index (χ1n) is 8.58. The lowest BCUT2D eigenvalue weighted by atomic mass is 9.98. The fourth-order valence-electron chi connectivity index (χ4n) is 2.52. The van der Waals surface area contributed by atoms with E-state index in [0.717, 1.165) is 16.8 Å². The number of amides is 1. The molecule has 26 heavy (non-hydrogen) atoms. The van der Waals surface area contributed by atoms with Gasteiger partial charge in [0.25, 0.3) is 5.91 Å². The molecule has 1 heterocycles. The van der Waals surface area contributed by atoms with Gasteiger partial charge in [-0.05, 0) is 43.0 Å². The highest BCUT2D eigenvalue weighted by Gasteiger charge is 2.17. The number of carbonyl (C=O) groups excluding carboxylic acids is 2. The Hall–Kier alpha value is -2.89. The van der Waals surface area contributed by atoms with E-state index in [1.54, 1.807) is 19.1 Å². The van der Waals surface area contributed by atoms with E-state index in [-0.39, 0.29) is 24.0 Å². The Morgan fingerprint density at radius 3 is 2.65 bits per heavy atom. The third-order valence-electron chi connectivity index (χ3n) is 3.80. The lowest BCUT2D eigenvalue weighted by Crippen LogP contribution is -2.22. The number of aromatic nitrogens is 1. The molecule has 2 rings (SSSR count). The van der Waals surface area contributed by atoms with Crippen molar-refractivity contribution >= 4 is 17.6 Å². The number of aryl methyl sites for hydroxylation is 1. The SMILES string of the molecule is CCOc1ncccc1C(=O)OCC(=O)Nc1c(C)cccc1C(C)C. The molecule has 0 saturated heterocycles. The Morgan fingerprint density at radius 1 is 1.19 bits per heavy atom. The maximum atomic E-state index is 12.3. The lowest BCUT2D eigenvalue weighted by molar-refractivity contribution is -0.119. The van der Waals surface area contributed by atoms with Gasteiger partial charge in [-0.3, -0.25) is 4.79 Å². The molecule has 138 valence electrons. The molecule has 0 unspecified atom stereocenters. The molecule has 6 heteroatoms. The molecule has 0 fully saturated rings. The summed E-state index contributed by atoms with van der Waals surface area (Å²) in [5.74, 6) is -0.583. The summed E-state index contributed by atoms with van der Waals surface area (Å²) in [5, 5.41) is 2.84. The van der Waals surface area contributed by atoms with Crippen LogP contribution in [0.15, 0.2) is 36.5 Å². The molecule has 2 aromatic rings. The highest BCUT2D eigenvalue weighted by Crippen LogP contribution is 2.27. The molecule has 0 aliphatic heterocycles. The minimum absolute atomic E-state index is 0.195. The minimum Gasteiger partial charge on any atom is -0.477 e. The molecule has 6 nitrogen and oxygen atoms in total. The van der Waals surface area contributed by atoms with Crippen molar-refractivity contribution in [1.82, 2.24) is 4.98 Å². The first kappa shape index (κ1) is 19.4. The fourth-order valence-corrected chi connectivity index (χ4v) is 2.52. The van der Waals surface area contributed by atoms with Crippen LogP contribution in [-0.2, 0) is 9.53 Å². The predicted molar refractivity (Wildman–Crippen MR) is 99.6 cm³/mol. The smallest absolute Gasteiger partial charge is 0.344 e. The van der Waals surface area contributed by atoms with Crippen LogP contribution >= 0.6 is 0 Å². The Bertz CT molecular complexity index is 787. The summed E-state index contributed by atoms with van der Waals surface area (Å²) >= 11 is 0. The zero-order chi connectivity index (χ0) is 19.1. The van der Waals surface area contributed by atoms with Crippen molar-refractivity contribution in [3.63, 3.8) is 0 Å². The van der Waals surface area contributed by atoms with Crippen LogP contribution in [0.5, 0.6) is 5.88 Å². The number of nitrogens with one attached hydrogen (secondary N) is 1. The number of benzene rings is 1. The van der Waals surface area contributed by atoms with E-state index in [2.05, 4.69) is 24.1 Å². The molecular formula is C20H24N2O4. The molecule has 1 aromatic carbocycles. The second-order valence-electron chi connectivity index (χ2n) is 6.11. The van der Waals surface area contributed by atoms with Gasteiger partial charge in [-0.2, -0.15) is 0 Å². The second-order valence-corrected chi connectivity index (χ2v) is 6.11. The van der Waals surface area contributed by atoms with Crippen molar-refractivity contribution in [3.05, 3.63) is 53.2 Å². The van der Waals surface area contributed by atoms with Crippen LogP contribution in [0.3, 0.4) is 0 Å². The zero-order valence-corrected chi connectivity index (χ0v) is 15.5. The van der Waals surface area contributed by atoms with E-state index in [1.807, 2.05) is 25.1 Å². The number of nitrogens with zero attached hydrogens (tertiary/aromatic N) is 1. The van der Waals surface area contributed by atoms with Gasteiger partial charge in [-0.15, -0.1) is 0 Å². The van der Waals surface area contributed by atoms with Gasteiger partial charge in [0.15, 0.2) is 6.61 Å². The lowest BCUT2D eigenvalue weighted by Gasteiger charge is -2.16. The molecule has 0 atom stereocenters. The summed E-state index contributed by atoms with van der Waals surface area (Å²) in [4.78, 5) is 28.5. The van der Waals surface area contributed by atoms with E-state index in [0.29, 0.717) is 6.61 Å². The monoisotopic (exact) mass is 356 g/mol. The summed E-state index contributed by atoms with van der Waals surface area (Å²) in [6.45, 7) is 7.84. The molecule has 1 aromatic heterocycles. The molecule has 1 N–H and O–H groups in total. The van der Waals surface area contributed by atoms with Crippen LogP contribution in [0, 0.1) is 6.92 Å². The summed E-state index contributed by atoms with van der Waals surface area (Å²) in [6, 6.07) is 9.02. The van der Waals surface area contributed by atoms with E-state index in [9.17, 15) is 9.59 Å². The maximum absolute atomic E-state index is 12.3. The Labute approximate surface area is 153 Å². The van der Waals surface area contributed by atoms with Crippen LogP contribution in [0.1, 0.15) is 48.2 Å². The first-order valence-corrected chi connectivity index (χ1v) is 8.58. The largest absolute Gasteiger partial charge is 0.477 e. The zero-order valence-electron chi connectivity index (χ0n) is 15.5. The van der Waals surface area contributed by atoms with Crippen molar-refractivity contribution in [3.8, 4) is 5.88 Å². The van der Waals surface area contributed by atoms with E-state index in [1.165, 1.54) is 6.20 Å². The Morgan fingerprint density at radius 2 is 1.96 bits per heavy atom. The van der Waals surface area contributed by atoms with Crippen LogP contribution < -0.4 is 10.1 Å². The quantitative estimate of drug-likeness (QED) is 0.765. The molecule has 0 saturated carbocycles. The van der Waals surface area contributed by atoms with Crippen LogP contribution in [0.4, 0.5) is 5.69 Å². The number of anilines is 1. The van der Waals surface area contributed by atoms with Gasteiger partial charge in [-0.1, -0.05) is 32.0 Å². The predicted octanol–water partition coefficient (Wildman–Crippen LogP) is 3.71. The highest BCUT2D eigenvalue weighted by atomic mass is 16.5. The maximum Gasteiger partial charge on any atom is 0.344 e. The molecule has 0 spiro atoms. The van der Waals surface area contributed by atoms with Crippen LogP contribution in [-0.4, -0.2) is 30.1 Å². The van der Waals surface area contributed by atoms with Crippen molar-refractivity contribution in [2.24, 2.45) is 0 Å². The molecule has 0 radical (unpaired) electrons. The summed E-state index contributed by atoms with van der Waals surface area (Å²) < 4.78 is 10.4. The second kappa shape index (κ2) is 8.99. The molecular weight excluding hydrogens is 332 g/mol. The molecule has 0 aliphatic carbocycles. The van der Waals surface area contributed by atoms with E-state index < -0.39 is 11.9 Å². The van der Waals surface area contributed by atoms with Crippen molar-refractivity contribution in [2.75, 3.05) is 18.5 Å². The van der Waals surface area contributed by atoms with Crippen LogP contribution in [0.25, 0.3) is 0 Å². The van der Waals surface area contributed by atoms with E-state index in [4.69, 9.17) is 9.47 Å². The first-order chi connectivity index (χ1) is 12.4. The van der Waals surface area contributed by atoms with Crippen molar-refractivity contribution in [1.29, 1.82) is 0 Å². The third-order valence-corrected chi connectivity index (χ3v) is 3.80. The van der Waals surface area contributed by atoms with Gasteiger partial charge in [0, 0.05) is 11.9 Å². The average molecular weight is 356 g/mol. The van der Waals surface area contributed by atoms with Crippen molar-refractivity contribution < 1.29 is 19.1 Å². The number of carbonyl (C=O) groups is 2. The van der Waals surface area contributed by atoms with E-state index >= 15 is 0 Å². The minimum atomic E-state index is -0.648. The number of pyridine rings is 1. The average Bonchev–Trinajstić information content (AvgIpc) is 2.62. The summed E-state index contributed by atoms with van der Waals surface area (Å²) in [6.07, 6.45) is 1.53. The molecule has 0 aliphatic rings. The van der Waals surface area contributed by atoms with Gasteiger partial charge < -0.3 is 14.8 Å². The van der Waals surface area contributed by atoms with Gasteiger partial charge in [0.2, 0.25) is 5.88 Å². The van der Waals surface area contributed by atoms with Gasteiger partial charge in [0.1, 0.15) is 5.56 Å². The summed E-state index contributed by atoms with van der Waals surface area (Å²) in [5.41, 5.74) is 2.96. The number of hydrogen-bond acceptors (Lipinski definition) is 5. The summed E-state index contributed by atoms with van der Waals surface area (Å²) in [7, 11) is 0. The number of ether oxygens (including phenoxy) is 2. The number of rotatable bonds is 7. The Kier molecular flexibility index (Phi) is 6.72. The third kappa shape index (κ3) is 4.81. The number of para-hydroxylation sites is 1. The number of hydrogen-bond donors (Lipinski definition) is 1. The fraction of sp³-hybridized carbons (Fsp3) is 0.350. The van der Waals surface area contributed by atoms with Gasteiger partial charge in [-0.25, -0.2) is 9.78 Å². The van der Waals surface area contributed by atoms with Gasteiger partial charge >= 0.3 is 5.97 Å². The Balaban J connectivity index is 2.03. The molecule has 0 bridgehead atoms. The number of esters is 1. The molecule has 1 amide bonds. The van der Waals surface area contributed by atoms with Gasteiger partial charge in [0.05, 0.1) is 6.61 Å².